The molecule has 2 fully saturated rings. The van der Waals surface area contributed by atoms with Crippen molar-refractivity contribution >= 4 is 67.0 Å². The summed E-state index contributed by atoms with van der Waals surface area (Å²) in [4.78, 5) is 67.4. The van der Waals surface area contributed by atoms with Crippen molar-refractivity contribution < 1.29 is 36.7 Å². The number of nitrogens with one attached hydrogen (secondary N) is 3. The van der Waals surface area contributed by atoms with E-state index in [9.17, 15) is 32.4 Å². The average Bonchev–Trinajstić information content (AvgIpc) is 3.62. The highest BCUT2D eigenvalue weighted by atomic mass is 32.2. The Hall–Kier alpha value is -6.88. The number of pyridine rings is 1. The van der Waals surface area contributed by atoms with Crippen molar-refractivity contribution in [3.8, 4) is 16.9 Å². The maximum Gasteiger partial charge on any atom is 0.329 e. The standard InChI is InChI=1S/C40H34FN7O8S/c1-2-46-32-17-24(9-13-30(32)48(40(46)53)31-14-15-34(49)44-39(31)52)25-8-10-27(42-20-25)19-35(50)43-28-11-12-29-26(16-28)18-33(56-22-23-6-4-3-5-7-23)38(37(29)41)47-21-36(51)45-57(47,54)55/h3-13,16-18,20,31H,2,14-15,19,21-22H2,1H3,(H,43,50)(H,45,51)(H,44,49,52). The van der Waals surface area contributed by atoms with Crippen molar-refractivity contribution in [2.45, 2.75) is 45.4 Å². The Labute approximate surface area is 324 Å². The SMILES string of the molecule is CCn1c(=O)n(C2CCC(=O)NC2=O)c2ccc(-c3ccc(CC(=O)Nc4ccc5c(F)c(N6CC(=O)NS6(=O)=O)c(OCc6ccccc6)cc5c4)nc3)cc21. The Morgan fingerprint density at radius 2 is 1.74 bits per heavy atom. The molecule has 2 aliphatic heterocycles. The molecule has 4 aromatic carbocycles. The molecule has 0 aliphatic carbocycles. The van der Waals surface area contributed by atoms with Crippen molar-refractivity contribution in [3.63, 3.8) is 0 Å². The number of carbonyl (C=O) groups excluding carboxylic acids is 4. The van der Waals surface area contributed by atoms with Crippen LogP contribution in [0.15, 0.2) is 95.9 Å². The van der Waals surface area contributed by atoms with Crippen LogP contribution in [0.2, 0.25) is 0 Å². The Bertz CT molecular complexity index is 2810. The van der Waals surface area contributed by atoms with E-state index < -0.39 is 52.0 Å². The van der Waals surface area contributed by atoms with Crippen LogP contribution >= 0.6 is 0 Å². The van der Waals surface area contributed by atoms with Gasteiger partial charge in [0.15, 0.2) is 5.82 Å². The van der Waals surface area contributed by atoms with E-state index in [4.69, 9.17) is 4.74 Å². The largest absolute Gasteiger partial charge is 0.487 e. The van der Waals surface area contributed by atoms with E-state index in [2.05, 4.69) is 15.6 Å². The number of ether oxygens (including phenoxy) is 1. The predicted octanol–water partition coefficient (Wildman–Crippen LogP) is 4.10. The summed E-state index contributed by atoms with van der Waals surface area (Å²) in [5, 5.41) is 5.48. The summed E-state index contributed by atoms with van der Waals surface area (Å²) >= 11 is 0. The Morgan fingerprint density at radius 3 is 2.44 bits per heavy atom. The van der Waals surface area contributed by atoms with Gasteiger partial charge in [0.1, 0.15) is 30.6 Å². The number of anilines is 2. The summed E-state index contributed by atoms with van der Waals surface area (Å²) in [6.07, 6.45) is 1.90. The van der Waals surface area contributed by atoms with Gasteiger partial charge >= 0.3 is 15.9 Å². The molecule has 0 bridgehead atoms. The van der Waals surface area contributed by atoms with Crippen LogP contribution in [0.5, 0.6) is 5.75 Å². The lowest BCUT2D eigenvalue weighted by molar-refractivity contribution is -0.135. The first kappa shape index (κ1) is 37.1. The molecule has 1 unspecified atom stereocenters. The van der Waals surface area contributed by atoms with Gasteiger partial charge in [0, 0.05) is 41.5 Å². The van der Waals surface area contributed by atoms with Gasteiger partial charge in [-0.3, -0.25) is 38.6 Å². The second-order valence-corrected chi connectivity index (χ2v) is 15.2. The molecule has 15 nitrogen and oxygen atoms in total. The van der Waals surface area contributed by atoms with Gasteiger partial charge < -0.3 is 10.1 Å². The van der Waals surface area contributed by atoms with Crippen molar-refractivity contribution in [1.29, 1.82) is 0 Å². The number of hydrogen-bond donors (Lipinski definition) is 3. The van der Waals surface area contributed by atoms with E-state index in [0.29, 0.717) is 38.7 Å². The molecule has 4 amide bonds. The van der Waals surface area contributed by atoms with Gasteiger partial charge in [-0.25, -0.2) is 18.2 Å². The first-order chi connectivity index (χ1) is 27.4. The fourth-order valence-electron chi connectivity index (χ4n) is 7.19. The Kier molecular flexibility index (Phi) is 9.52. The summed E-state index contributed by atoms with van der Waals surface area (Å²) in [6, 6.07) is 23.0. The molecule has 0 spiro atoms. The van der Waals surface area contributed by atoms with Gasteiger partial charge in [0.25, 0.3) is 5.91 Å². The summed E-state index contributed by atoms with van der Waals surface area (Å²) in [5.74, 6) is -3.11. The van der Waals surface area contributed by atoms with Crippen LogP contribution in [-0.4, -0.2) is 52.7 Å². The third-order valence-electron chi connectivity index (χ3n) is 9.91. The number of halogens is 1. The maximum absolute atomic E-state index is 16.2. The lowest BCUT2D eigenvalue weighted by Gasteiger charge is -2.21. The minimum Gasteiger partial charge on any atom is -0.487 e. The van der Waals surface area contributed by atoms with Crippen LogP contribution in [0.4, 0.5) is 15.8 Å². The van der Waals surface area contributed by atoms with Crippen molar-refractivity contribution in [2.75, 3.05) is 16.2 Å². The number of nitrogens with zero attached hydrogens (tertiary/aromatic N) is 4. The Morgan fingerprint density at radius 1 is 0.947 bits per heavy atom. The molecule has 290 valence electrons. The minimum atomic E-state index is -4.36. The molecule has 0 saturated carbocycles. The number of aryl methyl sites for hydroxylation is 1. The summed E-state index contributed by atoms with van der Waals surface area (Å²) in [6.45, 7) is 1.57. The number of fused-ring (bicyclic) bond motifs is 2. The molecule has 57 heavy (non-hydrogen) atoms. The summed E-state index contributed by atoms with van der Waals surface area (Å²) in [7, 11) is -4.36. The number of carbonyl (C=O) groups is 4. The van der Waals surface area contributed by atoms with Crippen molar-refractivity contribution in [2.24, 2.45) is 0 Å². The van der Waals surface area contributed by atoms with Gasteiger partial charge in [-0.1, -0.05) is 42.5 Å². The number of rotatable bonds is 10. The fourth-order valence-corrected chi connectivity index (χ4v) is 8.35. The van der Waals surface area contributed by atoms with Gasteiger partial charge in [0.05, 0.1) is 17.5 Å². The second kappa shape index (κ2) is 14.6. The molecule has 3 N–H and O–H groups in total. The third-order valence-corrected chi connectivity index (χ3v) is 11.3. The molecular formula is C40H34FN7O8S. The first-order valence-electron chi connectivity index (χ1n) is 18.0. The highest BCUT2D eigenvalue weighted by Crippen LogP contribution is 2.40. The van der Waals surface area contributed by atoms with Gasteiger partial charge in [-0.15, -0.1) is 0 Å². The van der Waals surface area contributed by atoms with E-state index in [-0.39, 0.29) is 48.6 Å². The van der Waals surface area contributed by atoms with Crippen LogP contribution in [0.3, 0.4) is 0 Å². The molecule has 6 aromatic rings. The number of benzene rings is 4. The van der Waals surface area contributed by atoms with Crippen LogP contribution in [0, 0.1) is 5.82 Å². The highest BCUT2D eigenvalue weighted by Gasteiger charge is 2.38. The van der Waals surface area contributed by atoms with Crippen LogP contribution in [0.1, 0.15) is 37.1 Å². The molecule has 8 rings (SSSR count). The minimum absolute atomic E-state index is 0.0112. The second-order valence-electron chi connectivity index (χ2n) is 13.6. The quantitative estimate of drug-likeness (QED) is 0.172. The lowest BCUT2D eigenvalue weighted by atomic mass is 10.0. The first-order valence-corrected chi connectivity index (χ1v) is 19.4. The summed E-state index contributed by atoms with van der Waals surface area (Å²) < 4.78 is 53.1. The molecular weight excluding hydrogens is 758 g/mol. The number of imide groups is 1. The molecule has 2 aliphatic rings. The molecule has 1 atom stereocenters. The van der Waals surface area contributed by atoms with Crippen LogP contribution in [0.25, 0.3) is 32.9 Å². The van der Waals surface area contributed by atoms with Crippen molar-refractivity contribution in [3.05, 3.63) is 119 Å². The number of imidazole rings is 1. The summed E-state index contributed by atoms with van der Waals surface area (Å²) in [5.41, 5.74) is 3.49. The fraction of sp³-hybridized carbons (Fsp3) is 0.200. The number of piperidine rings is 1. The van der Waals surface area contributed by atoms with Crippen molar-refractivity contribution in [1.82, 2.24) is 24.2 Å². The smallest absolute Gasteiger partial charge is 0.329 e. The monoisotopic (exact) mass is 791 g/mol. The van der Waals surface area contributed by atoms with E-state index >= 15 is 4.39 Å². The predicted molar refractivity (Wildman–Crippen MR) is 208 cm³/mol. The molecule has 0 radical (unpaired) electrons. The van der Waals surface area contributed by atoms with E-state index in [1.807, 2.05) is 29.8 Å². The molecule has 2 aromatic heterocycles. The van der Waals surface area contributed by atoms with Gasteiger partial charge in [-0.2, -0.15) is 8.42 Å². The average molecular weight is 792 g/mol. The Balaban J connectivity index is 1.01. The topological polar surface area (TPSA) is 191 Å². The van der Waals surface area contributed by atoms with Gasteiger partial charge in [-0.05, 0) is 72.3 Å². The third kappa shape index (κ3) is 7.08. The molecule has 4 heterocycles. The lowest BCUT2D eigenvalue weighted by Crippen LogP contribution is -2.44. The normalized spacial score (nSPS) is 16.5. The zero-order valence-electron chi connectivity index (χ0n) is 30.3. The van der Waals surface area contributed by atoms with E-state index in [1.54, 1.807) is 53.2 Å². The van der Waals surface area contributed by atoms with Crippen LogP contribution in [-0.2, 0) is 49.0 Å². The van der Waals surface area contributed by atoms with E-state index in [0.717, 1.165) is 16.7 Å². The molecule has 17 heteroatoms. The highest BCUT2D eigenvalue weighted by molar-refractivity contribution is 7.92. The number of amides is 4. The maximum atomic E-state index is 16.2. The zero-order valence-corrected chi connectivity index (χ0v) is 31.1. The number of aromatic nitrogens is 3. The van der Waals surface area contributed by atoms with Gasteiger partial charge in [0.2, 0.25) is 17.7 Å². The molecule has 2 saturated heterocycles. The number of hydrogen-bond acceptors (Lipinski definition) is 9. The van der Waals surface area contributed by atoms with E-state index in [1.165, 1.54) is 28.8 Å². The van der Waals surface area contributed by atoms with Crippen LogP contribution < -0.4 is 30.1 Å². The zero-order chi connectivity index (χ0) is 40.0.